The summed E-state index contributed by atoms with van der Waals surface area (Å²) in [6.07, 6.45) is 0. The molecule has 0 aliphatic heterocycles. The fraction of sp³-hybridized carbons (Fsp3) is 0.143. The van der Waals surface area contributed by atoms with Crippen molar-refractivity contribution in [1.82, 2.24) is 0 Å². The van der Waals surface area contributed by atoms with Crippen LogP contribution in [0.2, 0.25) is 10.0 Å². The van der Waals surface area contributed by atoms with Crippen molar-refractivity contribution >= 4 is 33.3 Å². The Morgan fingerprint density at radius 3 is 2.10 bits per heavy atom. The van der Waals surface area contributed by atoms with E-state index in [1.54, 1.807) is 30.3 Å². The maximum atomic E-state index is 12.0. The lowest BCUT2D eigenvalue weighted by Gasteiger charge is -2.08. The van der Waals surface area contributed by atoms with Gasteiger partial charge in [-0.2, -0.15) is 8.42 Å². The monoisotopic (exact) mass is 330 g/mol. The lowest BCUT2D eigenvalue weighted by Crippen LogP contribution is -2.07. The van der Waals surface area contributed by atoms with E-state index in [9.17, 15) is 8.42 Å². The molecule has 0 unspecified atom stereocenters. The van der Waals surface area contributed by atoms with Crippen molar-refractivity contribution in [2.75, 3.05) is 0 Å². The Morgan fingerprint density at radius 2 is 1.55 bits per heavy atom. The van der Waals surface area contributed by atoms with Crippen LogP contribution in [-0.4, -0.2) is 8.42 Å². The van der Waals surface area contributed by atoms with Crippen molar-refractivity contribution in [3.63, 3.8) is 0 Å². The van der Waals surface area contributed by atoms with Crippen LogP contribution in [0.5, 0.6) is 0 Å². The molecule has 0 bridgehead atoms. The van der Waals surface area contributed by atoms with Crippen LogP contribution >= 0.6 is 23.2 Å². The lowest BCUT2D eigenvalue weighted by atomic mass is 10.2. The Hall–Kier alpha value is -1.07. The zero-order valence-electron chi connectivity index (χ0n) is 10.6. The van der Waals surface area contributed by atoms with Gasteiger partial charge in [0.2, 0.25) is 0 Å². The fourth-order valence-corrected chi connectivity index (χ4v) is 2.96. The van der Waals surface area contributed by atoms with E-state index >= 15 is 0 Å². The van der Waals surface area contributed by atoms with Crippen molar-refractivity contribution < 1.29 is 12.6 Å². The predicted molar refractivity (Wildman–Crippen MR) is 79.6 cm³/mol. The highest BCUT2D eigenvalue weighted by molar-refractivity contribution is 7.86. The Kier molecular flexibility index (Phi) is 4.70. The van der Waals surface area contributed by atoms with E-state index in [-0.39, 0.29) is 11.5 Å². The maximum Gasteiger partial charge on any atom is 0.297 e. The number of rotatable bonds is 4. The van der Waals surface area contributed by atoms with Crippen LogP contribution in [0.4, 0.5) is 0 Å². The van der Waals surface area contributed by atoms with Crippen LogP contribution in [0.3, 0.4) is 0 Å². The average molecular weight is 331 g/mol. The van der Waals surface area contributed by atoms with Crippen LogP contribution in [0.1, 0.15) is 11.1 Å². The van der Waals surface area contributed by atoms with Crippen LogP contribution < -0.4 is 0 Å². The van der Waals surface area contributed by atoms with Gasteiger partial charge in [-0.3, -0.25) is 4.18 Å². The number of aryl methyl sites for hydroxylation is 1. The van der Waals surface area contributed by atoms with Gasteiger partial charge in [-0.25, -0.2) is 0 Å². The predicted octanol–water partition coefficient (Wildman–Crippen LogP) is 4.21. The Balaban J connectivity index is 2.20. The first-order valence-corrected chi connectivity index (χ1v) is 7.95. The first kappa shape index (κ1) is 15.3. The summed E-state index contributed by atoms with van der Waals surface area (Å²) in [5, 5.41) is 0.744. The third-order valence-corrected chi connectivity index (χ3v) is 4.72. The normalized spacial score (nSPS) is 11.6. The van der Waals surface area contributed by atoms with Gasteiger partial charge in [0.1, 0.15) is 0 Å². The van der Waals surface area contributed by atoms with E-state index in [0.717, 1.165) is 5.56 Å². The molecule has 2 aromatic rings. The van der Waals surface area contributed by atoms with Crippen LogP contribution in [0, 0.1) is 6.92 Å². The molecule has 0 aromatic heterocycles. The molecule has 106 valence electrons. The summed E-state index contributed by atoms with van der Waals surface area (Å²) in [5.74, 6) is 0. The average Bonchev–Trinajstić information content (AvgIpc) is 2.38. The van der Waals surface area contributed by atoms with Gasteiger partial charge in [0.25, 0.3) is 10.1 Å². The molecule has 0 fully saturated rings. The number of hydrogen-bond acceptors (Lipinski definition) is 3. The minimum Gasteiger partial charge on any atom is -0.261 e. The van der Waals surface area contributed by atoms with Gasteiger partial charge in [-0.05, 0) is 31.2 Å². The summed E-state index contributed by atoms with van der Waals surface area (Å²) in [5.41, 5.74) is 1.42. The van der Waals surface area contributed by atoms with Gasteiger partial charge in [0, 0.05) is 15.6 Å². The largest absolute Gasteiger partial charge is 0.297 e. The number of benzene rings is 2. The zero-order valence-corrected chi connectivity index (χ0v) is 13.0. The van der Waals surface area contributed by atoms with Crippen molar-refractivity contribution in [2.24, 2.45) is 0 Å². The molecule has 0 saturated carbocycles. The summed E-state index contributed by atoms with van der Waals surface area (Å²) in [7, 11) is -3.83. The van der Waals surface area contributed by atoms with Gasteiger partial charge in [-0.15, -0.1) is 0 Å². The molecule has 0 N–H and O–H groups in total. The van der Waals surface area contributed by atoms with E-state index in [4.69, 9.17) is 27.4 Å². The third kappa shape index (κ3) is 3.52. The van der Waals surface area contributed by atoms with Gasteiger partial charge < -0.3 is 0 Å². The van der Waals surface area contributed by atoms with Gasteiger partial charge in [0.05, 0.1) is 11.5 Å². The highest BCUT2D eigenvalue weighted by Gasteiger charge is 2.16. The molecule has 6 heteroatoms. The molecule has 0 heterocycles. The molecular formula is C14H12Cl2O3S. The molecule has 0 aliphatic carbocycles. The Bertz CT molecular complexity index is 689. The minimum atomic E-state index is -3.83. The fourth-order valence-electron chi connectivity index (χ4n) is 1.58. The number of halogens is 2. The van der Waals surface area contributed by atoms with E-state index in [1.165, 1.54) is 12.1 Å². The molecule has 0 atom stereocenters. The summed E-state index contributed by atoms with van der Waals surface area (Å²) in [6, 6.07) is 11.4. The molecular weight excluding hydrogens is 319 g/mol. The van der Waals surface area contributed by atoms with Gasteiger partial charge >= 0.3 is 0 Å². The summed E-state index contributed by atoms with van der Waals surface area (Å²) >= 11 is 11.9. The van der Waals surface area contributed by atoms with Crippen LogP contribution in [0.15, 0.2) is 47.4 Å². The molecule has 3 nitrogen and oxygen atoms in total. The number of hydrogen-bond donors (Lipinski definition) is 0. The Labute approximate surface area is 128 Å². The molecule has 20 heavy (non-hydrogen) atoms. The molecule has 0 radical (unpaired) electrons. The highest BCUT2D eigenvalue weighted by Crippen LogP contribution is 2.26. The highest BCUT2D eigenvalue weighted by atomic mass is 35.5. The molecule has 2 aromatic carbocycles. The standard InChI is InChI=1S/C14H12Cl2O3S/c1-10-5-7-11(8-6-10)20(17,18)19-9-12-13(15)3-2-4-14(12)16/h2-8H,9H2,1H3. The van der Waals surface area contributed by atoms with Crippen molar-refractivity contribution in [3.8, 4) is 0 Å². The Morgan fingerprint density at radius 1 is 1.00 bits per heavy atom. The molecule has 0 aliphatic rings. The summed E-state index contributed by atoms with van der Waals surface area (Å²) in [6.45, 7) is 1.68. The van der Waals surface area contributed by atoms with E-state index in [0.29, 0.717) is 15.6 Å². The molecule has 2 rings (SSSR count). The van der Waals surface area contributed by atoms with Gasteiger partial charge in [0.15, 0.2) is 0 Å². The van der Waals surface area contributed by atoms with Crippen molar-refractivity contribution in [2.45, 2.75) is 18.4 Å². The van der Waals surface area contributed by atoms with Crippen molar-refractivity contribution in [3.05, 3.63) is 63.6 Å². The second kappa shape index (κ2) is 6.14. The summed E-state index contributed by atoms with van der Waals surface area (Å²) in [4.78, 5) is 0.103. The lowest BCUT2D eigenvalue weighted by molar-refractivity contribution is 0.308. The SMILES string of the molecule is Cc1ccc(S(=O)(=O)OCc2c(Cl)cccc2Cl)cc1. The van der Waals surface area contributed by atoms with E-state index < -0.39 is 10.1 Å². The second-order valence-corrected chi connectivity index (χ2v) is 6.66. The second-order valence-electron chi connectivity index (χ2n) is 4.23. The zero-order chi connectivity index (χ0) is 14.8. The topological polar surface area (TPSA) is 43.4 Å². The first-order valence-electron chi connectivity index (χ1n) is 5.79. The third-order valence-electron chi connectivity index (χ3n) is 2.73. The summed E-state index contributed by atoms with van der Waals surface area (Å²) < 4.78 is 29.1. The van der Waals surface area contributed by atoms with Crippen LogP contribution in [0.25, 0.3) is 0 Å². The first-order chi connectivity index (χ1) is 9.40. The smallest absolute Gasteiger partial charge is 0.261 e. The van der Waals surface area contributed by atoms with E-state index in [2.05, 4.69) is 0 Å². The van der Waals surface area contributed by atoms with Gasteiger partial charge in [-0.1, -0.05) is 47.0 Å². The minimum absolute atomic E-state index is 0.103. The van der Waals surface area contributed by atoms with Crippen LogP contribution in [-0.2, 0) is 20.9 Å². The van der Waals surface area contributed by atoms with Crippen molar-refractivity contribution in [1.29, 1.82) is 0 Å². The molecule has 0 amide bonds. The molecule has 0 spiro atoms. The quantitative estimate of drug-likeness (QED) is 0.789. The maximum absolute atomic E-state index is 12.0. The van der Waals surface area contributed by atoms with E-state index in [1.807, 2.05) is 6.92 Å². The molecule has 0 saturated heterocycles.